The molecule has 140 valence electrons. The number of hydrogen-bond donors (Lipinski definition) is 1. The molecule has 1 saturated heterocycles. The summed E-state index contributed by atoms with van der Waals surface area (Å²) in [5, 5.41) is 12.2. The summed E-state index contributed by atoms with van der Waals surface area (Å²) in [4.78, 5) is 14.7. The first kappa shape index (κ1) is 20.0. The molecule has 2 rings (SSSR count). The molecule has 1 aromatic rings. The molecule has 1 aliphatic heterocycles. The molecule has 7 heteroatoms. The quantitative estimate of drug-likeness (QED) is 0.538. The fourth-order valence-electron chi connectivity index (χ4n) is 2.96. The summed E-state index contributed by atoms with van der Waals surface area (Å²) in [7, 11) is 0. The highest BCUT2D eigenvalue weighted by molar-refractivity contribution is 8.00. The standard InChI is InChI=1S/C18H31N5OS/c1-5-10-23-16(9-13-22-11-7-6-8-12-22)20-21-18(23)25-15(4)17(24)19-14(2)3/h5,14-15H,1,6-13H2,2-4H3,(H,19,24)/t15-/m0/s1. The van der Waals surface area contributed by atoms with Crippen molar-refractivity contribution in [3.8, 4) is 0 Å². The van der Waals surface area contributed by atoms with E-state index < -0.39 is 0 Å². The van der Waals surface area contributed by atoms with Crippen molar-refractivity contribution in [2.45, 2.75) is 69.4 Å². The first-order valence-electron chi connectivity index (χ1n) is 9.23. The summed E-state index contributed by atoms with van der Waals surface area (Å²) in [6, 6.07) is 0.140. The summed E-state index contributed by atoms with van der Waals surface area (Å²) >= 11 is 1.46. The van der Waals surface area contributed by atoms with E-state index in [1.807, 2.05) is 26.8 Å². The number of carbonyl (C=O) groups excluding carboxylic acids is 1. The van der Waals surface area contributed by atoms with Crippen LogP contribution in [0.3, 0.4) is 0 Å². The van der Waals surface area contributed by atoms with E-state index >= 15 is 0 Å². The SMILES string of the molecule is C=CCn1c(CCN2CCCCC2)nnc1S[C@@H](C)C(=O)NC(C)C. The zero-order valence-electron chi connectivity index (χ0n) is 15.7. The van der Waals surface area contributed by atoms with Crippen molar-refractivity contribution in [2.24, 2.45) is 0 Å². The lowest BCUT2D eigenvalue weighted by atomic mass is 10.1. The summed E-state index contributed by atoms with van der Waals surface area (Å²) in [5.74, 6) is 1.01. The Morgan fingerprint density at radius 1 is 1.28 bits per heavy atom. The molecule has 1 N–H and O–H groups in total. The third-order valence-electron chi connectivity index (χ3n) is 4.29. The molecule has 2 heterocycles. The van der Waals surface area contributed by atoms with Crippen molar-refractivity contribution in [1.82, 2.24) is 25.0 Å². The summed E-state index contributed by atoms with van der Waals surface area (Å²) in [6.07, 6.45) is 6.68. The Labute approximate surface area is 155 Å². The minimum Gasteiger partial charge on any atom is -0.353 e. The van der Waals surface area contributed by atoms with Crippen LogP contribution in [0.1, 0.15) is 45.9 Å². The zero-order valence-corrected chi connectivity index (χ0v) is 16.5. The number of nitrogens with zero attached hydrogens (tertiary/aromatic N) is 4. The lowest BCUT2D eigenvalue weighted by molar-refractivity contribution is -0.120. The highest BCUT2D eigenvalue weighted by Gasteiger charge is 2.20. The van der Waals surface area contributed by atoms with Crippen molar-refractivity contribution in [2.75, 3.05) is 19.6 Å². The third-order valence-corrected chi connectivity index (χ3v) is 5.37. The molecule has 0 aliphatic carbocycles. The Balaban J connectivity index is 1.99. The lowest BCUT2D eigenvalue weighted by Crippen LogP contribution is -2.36. The molecular formula is C18H31N5OS. The Morgan fingerprint density at radius 3 is 2.64 bits per heavy atom. The first-order valence-corrected chi connectivity index (χ1v) is 10.1. The van der Waals surface area contributed by atoms with Crippen molar-refractivity contribution in [1.29, 1.82) is 0 Å². The maximum atomic E-state index is 12.1. The second kappa shape index (κ2) is 9.97. The summed E-state index contributed by atoms with van der Waals surface area (Å²) in [6.45, 7) is 13.7. The van der Waals surface area contributed by atoms with Crippen molar-refractivity contribution in [3.05, 3.63) is 18.5 Å². The number of allylic oxidation sites excluding steroid dienone is 1. The van der Waals surface area contributed by atoms with Crippen LogP contribution < -0.4 is 5.32 Å². The van der Waals surface area contributed by atoms with E-state index in [-0.39, 0.29) is 17.2 Å². The van der Waals surface area contributed by atoms with Gasteiger partial charge < -0.3 is 14.8 Å². The van der Waals surface area contributed by atoms with Crippen molar-refractivity contribution >= 4 is 17.7 Å². The molecule has 6 nitrogen and oxygen atoms in total. The normalized spacial score (nSPS) is 16.8. The van der Waals surface area contributed by atoms with Crippen molar-refractivity contribution < 1.29 is 4.79 Å². The number of hydrogen-bond acceptors (Lipinski definition) is 5. The Morgan fingerprint density at radius 2 is 2.00 bits per heavy atom. The monoisotopic (exact) mass is 365 g/mol. The Kier molecular flexibility index (Phi) is 7.96. The maximum absolute atomic E-state index is 12.1. The minimum atomic E-state index is -0.204. The maximum Gasteiger partial charge on any atom is 0.233 e. The fraction of sp³-hybridized carbons (Fsp3) is 0.722. The first-order chi connectivity index (χ1) is 12.0. The molecule has 0 bridgehead atoms. The van der Waals surface area contributed by atoms with Crippen LogP contribution in [-0.2, 0) is 17.8 Å². The molecule has 0 spiro atoms. The molecule has 0 unspecified atom stereocenters. The van der Waals surface area contributed by atoms with Gasteiger partial charge in [0.15, 0.2) is 5.16 Å². The highest BCUT2D eigenvalue weighted by Crippen LogP contribution is 2.23. The zero-order chi connectivity index (χ0) is 18.2. The number of likely N-dealkylation sites (tertiary alicyclic amines) is 1. The Bertz CT molecular complexity index is 566. The largest absolute Gasteiger partial charge is 0.353 e. The van der Waals surface area contributed by atoms with Gasteiger partial charge in [-0.1, -0.05) is 24.3 Å². The number of aromatic nitrogens is 3. The van der Waals surface area contributed by atoms with E-state index in [9.17, 15) is 4.79 Å². The average molecular weight is 366 g/mol. The van der Waals surface area contributed by atoms with E-state index in [1.54, 1.807) is 0 Å². The van der Waals surface area contributed by atoms with Crippen LogP contribution >= 0.6 is 11.8 Å². The van der Waals surface area contributed by atoms with Gasteiger partial charge in [-0.3, -0.25) is 4.79 Å². The van der Waals surface area contributed by atoms with Gasteiger partial charge in [-0.05, 0) is 46.7 Å². The van der Waals surface area contributed by atoms with Gasteiger partial charge in [0.1, 0.15) is 5.82 Å². The van der Waals surface area contributed by atoms with Gasteiger partial charge in [-0.25, -0.2) is 0 Å². The molecule has 1 aromatic heterocycles. The number of carbonyl (C=O) groups is 1. The fourth-order valence-corrected chi connectivity index (χ4v) is 3.84. The molecule has 0 aromatic carbocycles. The van der Waals surface area contributed by atoms with Gasteiger partial charge in [0.2, 0.25) is 5.91 Å². The molecule has 0 saturated carbocycles. The second-order valence-corrected chi connectivity index (χ2v) is 8.18. The van der Waals surface area contributed by atoms with Crippen molar-refractivity contribution in [3.63, 3.8) is 0 Å². The van der Waals surface area contributed by atoms with Crippen LogP contribution in [0.15, 0.2) is 17.8 Å². The van der Waals surface area contributed by atoms with Gasteiger partial charge in [0.25, 0.3) is 0 Å². The van der Waals surface area contributed by atoms with Gasteiger partial charge in [0, 0.05) is 25.6 Å². The Hall–Kier alpha value is -1.34. The van der Waals surface area contributed by atoms with Gasteiger partial charge in [-0.2, -0.15) is 0 Å². The van der Waals surface area contributed by atoms with Crippen LogP contribution in [0.4, 0.5) is 0 Å². The molecular weight excluding hydrogens is 334 g/mol. The predicted octanol–water partition coefficient (Wildman–Crippen LogP) is 2.50. The number of rotatable bonds is 9. The van der Waals surface area contributed by atoms with Gasteiger partial charge in [0.05, 0.1) is 5.25 Å². The average Bonchev–Trinajstić information content (AvgIpc) is 2.95. The van der Waals surface area contributed by atoms with Crippen LogP contribution in [0.2, 0.25) is 0 Å². The summed E-state index contributed by atoms with van der Waals surface area (Å²) in [5.41, 5.74) is 0. The number of thioether (sulfide) groups is 1. The topological polar surface area (TPSA) is 63.1 Å². The third kappa shape index (κ3) is 6.15. The van der Waals surface area contributed by atoms with E-state index in [0.29, 0.717) is 6.54 Å². The molecule has 1 fully saturated rings. The molecule has 1 atom stereocenters. The van der Waals surface area contributed by atoms with Gasteiger partial charge >= 0.3 is 0 Å². The molecule has 0 radical (unpaired) electrons. The minimum absolute atomic E-state index is 0.0306. The van der Waals surface area contributed by atoms with E-state index in [2.05, 4.69) is 31.6 Å². The molecule has 1 amide bonds. The van der Waals surface area contributed by atoms with E-state index in [1.165, 1.54) is 44.1 Å². The number of amides is 1. The number of piperidine rings is 1. The molecule has 1 aliphatic rings. The summed E-state index contributed by atoms with van der Waals surface area (Å²) < 4.78 is 2.08. The van der Waals surface area contributed by atoms with E-state index in [0.717, 1.165) is 23.9 Å². The van der Waals surface area contributed by atoms with Crippen LogP contribution in [0, 0.1) is 0 Å². The second-order valence-electron chi connectivity index (χ2n) is 6.87. The van der Waals surface area contributed by atoms with E-state index in [4.69, 9.17) is 0 Å². The number of nitrogens with one attached hydrogen (secondary N) is 1. The molecule has 25 heavy (non-hydrogen) atoms. The van der Waals surface area contributed by atoms with Gasteiger partial charge in [-0.15, -0.1) is 16.8 Å². The predicted molar refractivity (Wildman–Crippen MR) is 103 cm³/mol. The van der Waals surface area contributed by atoms with Crippen LogP contribution in [0.5, 0.6) is 0 Å². The smallest absolute Gasteiger partial charge is 0.233 e. The highest BCUT2D eigenvalue weighted by atomic mass is 32.2. The lowest BCUT2D eigenvalue weighted by Gasteiger charge is -2.26. The van der Waals surface area contributed by atoms with Crippen LogP contribution in [-0.4, -0.2) is 56.5 Å². The van der Waals surface area contributed by atoms with Crippen LogP contribution in [0.25, 0.3) is 0 Å².